The fraction of sp³-hybridized carbons (Fsp3) is 0.357. The molecule has 21 heavy (non-hydrogen) atoms. The number of carbonyl (C=O) groups is 1. The zero-order chi connectivity index (χ0) is 15.9. The first kappa shape index (κ1) is 17.4. The van der Waals surface area contributed by atoms with Crippen molar-refractivity contribution in [2.45, 2.75) is 19.6 Å². The molecule has 0 aliphatic carbocycles. The zero-order valence-electron chi connectivity index (χ0n) is 12.7. The molecule has 0 spiro atoms. The average molecular weight is 321 g/mol. The summed E-state index contributed by atoms with van der Waals surface area (Å²) in [5.74, 6) is 0.121. The van der Waals surface area contributed by atoms with Crippen LogP contribution in [0.4, 0.5) is 0 Å². The SMILES string of the molecule is COc1cccc(C(=NC(=O)C=[N+]=[N-])SC[Si](C)(C)C)c1. The van der Waals surface area contributed by atoms with E-state index in [9.17, 15) is 4.79 Å². The third-order valence-electron chi connectivity index (χ3n) is 2.34. The van der Waals surface area contributed by atoms with E-state index in [1.54, 1.807) is 18.9 Å². The predicted octanol–water partition coefficient (Wildman–Crippen LogP) is 2.88. The van der Waals surface area contributed by atoms with Crippen molar-refractivity contribution in [1.29, 1.82) is 0 Å². The van der Waals surface area contributed by atoms with Crippen LogP contribution in [0.25, 0.3) is 5.53 Å². The van der Waals surface area contributed by atoms with E-state index >= 15 is 0 Å². The summed E-state index contributed by atoms with van der Waals surface area (Å²) in [5.41, 5.74) is 9.24. The number of hydrogen-bond acceptors (Lipinski definition) is 3. The number of carbonyl (C=O) groups excluding carboxylic acids is 1. The minimum atomic E-state index is -1.29. The summed E-state index contributed by atoms with van der Waals surface area (Å²) in [7, 11) is 0.304. The fourth-order valence-electron chi connectivity index (χ4n) is 1.40. The lowest BCUT2D eigenvalue weighted by molar-refractivity contribution is -0.114. The van der Waals surface area contributed by atoms with Crippen LogP contribution in [-0.2, 0) is 4.79 Å². The molecule has 0 N–H and O–H groups in total. The van der Waals surface area contributed by atoms with Crippen LogP contribution in [-0.4, -0.2) is 42.5 Å². The monoisotopic (exact) mass is 321 g/mol. The van der Waals surface area contributed by atoms with Gasteiger partial charge in [0, 0.05) is 5.56 Å². The van der Waals surface area contributed by atoms with Crippen LogP contribution in [0.15, 0.2) is 29.3 Å². The molecule has 0 bridgehead atoms. The molecule has 0 aromatic heterocycles. The number of ether oxygens (including phenoxy) is 1. The second-order valence-corrected chi connectivity index (χ2v) is 12.5. The van der Waals surface area contributed by atoms with E-state index in [2.05, 4.69) is 29.4 Å². The molecule has 1 amide bonds. The molecule has 5 nitrogen and oxygen atoms in total. The Morgan fingerprint density at radius 2 is 2.19 bits per heavy atom. The maximum atomic E-state index is 11.6. The number of nitrogens with zero attached hydrogens (tertiary/aromatic N) is 3. The lowest BCUT2D eigenvalue weighted by atomic mass is 10.2. The van der Waals surface area contributed by atoms with Gasteiger partial charge in [-0.05, 0) is 17.5 Å². The van der Waals surface area contributed by atoms with Crippen LogP contribution in [0.5, 0.6) is 5.75 Å². The maximum Gasteiger partial charge on any atom is 0.352 e. The minimum Gasteiger partial charge on any atom is -0.497 e. The molecule has 0 heterocycles. The normalized spacial score (nSPS) is 11.7. The second kappa shape index (κ2) is 7.92. The molecule has 0 aliphatic heterocycles. The van der Waals surface area contributed by atoms with Gasteiger partial charge < -0.3 is 10.3 Å². The number of methoxy groups -OCH3 is 1. The van der Waals surface area contributed by atoms with Crippen LogP contribution in [0.3, 0.4) is 0 Å². The Balaban J connectivity index is 3.11. The highest BCUT2D eigenvalue weighted by Gasteiger charge is 2.17. The van der Waals surface area contributed by atoms with Crippen molar-refractivity contribution in [2.75, 3.05) is 12.5 Å². The van der Waals surface area contributed by atoms with Crippen LogP contribution in [0.1, 0.15) is 5.56 Å². The highest BCUT2D eigenvalue weighted by atomic mass is 32.2. The number of aliphatic imine (C=N–C) groups is 1. The summed E-state index contributed by atoms with van der Waals surface area (Å²) in [6.07, 6.45) is 0.787. The molecule has 0 fully saturated rings. The van der Waals surface area contributed by atoms with Crippen molar-refractivity contribution in [1.82, 2.24) is 0 Å². The molecule has 0 atom stereocenters. The maximum absolute atomic E-state index is 11.6. The summed E-state index contributed by atoms with van der Waals surface area (Å²) in [6.45, 7) is 6.75. The van der Waals surface area contributed by atoms with Gasteiger partial charge in [0.15, 0.2) is 0 Å². The van der Waals surface area contributed by atoms with Gasteiger partial charge in [0.1, 0.15) is 10.8 Å². The van der Waals surface area contributed by atoms with Crippen molar-refractivity contribution < 1.29 is 14.3 Å². The summed E-state index contributed by atoms with van der Waals surface area (Å²) < 4.78 is 5.20. The van der Waals surface area contributed by atoms with Gasteiger partial charge in [-0.1, -0.05) is 31.8 Å². The van der Waals surface area contributed by atoms with Gasteiger partial charge in [-0.15, -0.1) is 11.8 Å². The summed E-state index contributed by atoms with van der Waals surface area (Å²) in [5, 5.41) is 1.55. The van der Waals surface area contributed by atoms with E-state index in [0.717, 1.165) is 17.2 Å². The molecule has 0 unspecified atom stereocenters. The van der Waals surface area contributed by atoms with Gasteiger partial charge in [-0.25, -0.2) is 0 Å². The molecule has 0 radical (unpaired) electrons. The number of benzene rings is 1. The Morgan fingerprint density at radius 3 is 2.76 bits per heavy atom. The minimum absolute atomic E-state index is 0.585. The zero-order valence-corrected chi connectivity index (χ0v) is 14.5. The summed E-state index contributed by atoms with van der Waals surface area (Å²) in [4.78, 5) is 18.3. The van der Waals surface area contributed by atoms with Crippen LogP contribution in [0.2, 0.25) is 19.6 Å². The van der Waals surface area contributed by atoms with E-state index < -0.39 is 14.0 Å². The Hall–Kier alpha value is -1.69. The van der Waals surface area contributed by atoms with Crippen LogP contribution >= 0.6 is 11.8 Å². The molecule has 1 rings (SSSR count). The van der Waals surface area contributed by atoms with E-state index in [1.807, 2.05) is 24.3 Å². The largest absolute Gasteiger partial charge is 0.497 e. The molecular formula is C14H19N3O2SSi. The van der Waals surface area contributed by atoms with Crippen molar-refractivity contribution in [2.24, 2.45) is 4.99 Å². The first-order chi connectivity index (χ1) is 9.85. The highest BCUT2D eigenvalue weighted by Crippen LogP contribution is 2.21. The van der Waals surface area contributed by atoms with Gasteiger partial charge in [-0.3, -0.25) is 4.79 Å². The summed E-state index contributed by atoms with van der Waals surface area (Å²) >= 11 is 1.55. The molecule has 112 valence electrons. The molecule has 0 aliphatic rings. The highest BCUT2D eigenvalue weighted by molar-refractivity contribution is 8.15. The standard InChI is InChI=1S/C14H19N3O2SSi/c1-19-12-7-5-6-11(8-12)14(17-13(18)9-16-15)20-10-21(2,3)4/h5-9H,10H2,1-4H3. The average Bonchev–Trinajstić information content (AvgIpc) is 2.43. The Labute approximate surface area is 130 Å². The lowest BCUT2D eigenvalue weighted by Gasteiger charge is -2.16. The Morgan fingerprint density at radius 1 is 1.48 bits per heavy atom. The third kappa shape index (κ3) is 6.53. The number of rotatable bonds is 5. The van der Waals surface area contributed by atoms with Crippen LogP contribution < -0.4 is 4.74 Å². The second-order valence-electron chi connectivity index (χ2n) is 5.58. The van der Waals surface area contributed by atoms with E-state index in [0.29, 0.717) is 10.8 Å². The number of amides is 1. The lowest BCUT2D eigenvalue weighted by Crippen LogP contribution is -2.25. The first-order valence-corrected chi connectivity index (χ1v) is 11.1. The van der Waals surface area contributed by atoms with Crippen LogP contribution in [0, 0.1) is 0 Å². The van der Waals surface area contributed by atoms with Crippen molar-refractivity contribution >= 4 is 37.0 Å². The Bertz CT molecular complexity index is 590. The van der Waals surface area contributed by atoms with E-state index in [4.69, 9.17) is 10.3 Å². The third-order valence-corrected chi connectivity index (χ3v) is 6.98. The first-order valence-electron chi connectivity index (χ1n) is 6.43. The van der Waals surface area contributed by atoms with E-state index in [-0.39, 0.29) is 0 Å². The number of hydrogen-bond donors (Lipinski definition) is 0. The molecule has 0 saturated carbocycles. The molecule has 7 heteroatoms. The van der Waals surface area contributed by atoms with Crippen molar-refractivity contribution in [3.63, 3.8) is 0 Å². The van der Waals surface area contributed by atoms with Crippen molar-refractivity contribution in [3.05, 3.63) is 35.4 Å². The van der Waals surface area contributed by atoms with Gasteiger partial charge >= 0.3 is 12.1 Å². The van der Waals surface area contributed by atoms with Crippen molar-refractivity contribution in [3.8, 4) is 5.75 Å². The van der Waals surface area contributed by atoms with E-state index in [1.165, 1.54) is 0 Å². The van der Waals surface area contributed by atoms with Gasteiger partial charge in [-0.2, -0.15) is 9.78 Å². The molecular weight excluding hydrogens is 302 g/mol. The summed E-state index contributed by atoms with van der Waals surface area (Å²) in [6, 6.07) is 7.39. The topological polar surface area (TPSA) is 75.1 Å². The molecule has 1 aromatic rings. The van der Waals surface area contributed by atoms with Gasteiger partial charge in [0.25, 0.3) is 0 Å². The molecule has 1 aromatic carbocycles. The smallest absolute Gasteiger partial charge is 0.352 e. The van der Waals surface area contributed by atoms with Gasteiger partial charge in [0.2, 0.25) is 0 Å². The molecule has 0 saturated heterocycles. The van der Waals surface area contributed by atoms with Gasteiger partial charge in [0.05, 0.1) is 15.2 Å². The number of thioether (sulfide) groups is 1. The Kier molecular flexibility index (Phi) is 6.55. The quantitative estimate of drug-likeness (QED) is 0.275. The predicted molar refractivity (Wildman–Crippen MR) is 90.0 cm³/mol. The fourth-order valence-corrected chi connectivity index (χ4v) is 4.13.